The lowest BCUT2D eigenvalue weighted by atomic mass is 10.1. The van der Waals surface area contributed by atoms with Crippen LogP contribution in [0.3, 0.4) is 0 Å². The lowest BCUT2D eigenvalue weighted by Gasteiger charge is -2.02. The van der Waals surface area contributed by atoms with Gasteiger partial charge in [0.15, 0.2) is 0 Å². The van der Waals surface area contributed by atoms with E-state index < -0.39 is 0 Å². The van der Waals surface area contributed by atoms with Crippen molar-refractivity contribution in [2.24, 2.45) is 0 Å². The van der Waals surface area contributed by atoms with Crippen LogP contribution in [0.2, 0.25) is 0 Å². The Morgan fingerprint density at radius 1 is 1.12 bits per heavy atom. The van der Waals surface area contributed by atoms with Crippen LogP contribution in [0.4, 0.5) is 0 Å². The van der Waals surface area contributed by atoms with Crippen molar-refractivity contribution in [3.8, 4) is 0 Å². The molecule has 0 aliphatic rings. The third-order valence-electron chi connectivity index (χ3n) is 2.62. The van der Waals surface area contributed by atoms with Crippen molar-refractivity contribution in [2.45, 2.75) is 38.5 Å². The van der Waals surface area contributed by atoms with E-state index in [-0.39, 0.29) is 5.91 Å². The molecule has 0 unspecified atom stereocenters. The molecule has 4 nitrogen and oxygen atoms in total. The van der Waals surface area contributed by atoms with Crippen LogP contribution < -0.4 is 5.48 Å². The standard InChI is InChI=1S/C13H19NO3/c15-13(14-17-16)11-7-2-1-4-8-12-9-5-3-6-10-12/h3,5-6,9-10,16H,1-2,4,7-8,11H2,(H,14,15). The zero-order chi connectivity index (χ0) is 12.3. The van der Waals surface area contributed by atoms with Gasteiger partial charge in [0, 0.05) is 6.42 Å². The second-order valence-corrected chi connectivity index (χ2v) is 4.02. The SMILES string of the molecule is O=C(CCCCCCc1ccccc1)NOO. The summed E-state index contributed by atoms with van der Waals surface area (Å²) in [5.41, 5.74) is 3.24. The average Bonchev–Trinajstić information content (AvgIpc) is 2.35. The third kappa shape index (κ3) is 6.71. The van der Waals surface area contributed by atoms with E-state index in [2.05, 4.69) is 29.3 Å². The van der Waals surface area contributed by atoms with Crippen LogP contribution in [0.15, 0.2) is 30.3 Å². The number of rotatable bonds is 8. The molecule has 0 saturated heterocycles. The number of carbonyl (C=O) groups excluding carboxylic acids is 1. The average molecular weight is 237 g/mol. The molecule has 0 saturated carbocycles. The van der Waals surface area contributed by atoms with E-state index >= 15 is 0 Å². The van der Waals surface area contributed by atoms with E-state index in [0.717, 1.165) is 32.1 Å². The maximum atomic E-state index is 10.9. The van der Waals surface area contributed by atoms with E-state index in [1.54, 1.807) is 0 Å². The summed E-state index contributed by atoms with van der Waals surface area (Å²) in [6.07, 6.45) is 5.58. The quantitative estimate of drug-likeness (QED) is 0.415. The predicted molar refractivity (Wildman–Crippen MR) is 65.1 cm³/mol. The first kappa shape index (κ1) is 13.7. The first-order valence-electron chi connectivity index (χ1n) is 5.96. The molecule has 94 valence electrons. The Morgan fingerprint density at radius 3 is 2.53 bits per heavy atom. The van der Waals surface area contributed by atoms with Gasteiger partial charge in [-0.05, 0) is 24.8 Å². The van der Waals surface area contributed by atoms with E-state index in [1.165, 1.54) is 5.56 Å². The molecule has 2 N–H and O–H groups in total. The van der Waals surface area contributed by atoms with Gasteiger partial charge in [0.05, 0.1) is 0 Å². The second-order valence-electron chi connectivity index (χ2n) is 4.02. The highest BCUT2D eigenvalue weighted by atomic mass is 17.2. The summed E-state index contributed by atoms with van der Waals surface area (Å²) in [5.74, 6) is -0.282. The summed E-state index contributed by atoms with van der Waals surface area (Å²) < 4.78 is 0. The molecule has 0 bridgehead atoms. The first-order valence-corrected chi connectivity index (χ1v) is 5.96. The van der Waals surface area contributed by atoms with Gasteiger partial charge in [-0.1, -0.05) is 43.2 Å². The Labute approximate surface area is 101 Å². The number of hydrogen-bond donors (Lipinski definition) is 2. The van der Waals surface area contributed by atoms with Gasteiger partial charge < -0.3 is 0 Å². The van der Waals surface area contributed by atoms with E-state index in [0.29, 0.717) is 6.42 Å². The fourth-order valence-corrected chi connectivity index (χ4v) is 1.71. The van der Waals surface area contributed by atoms with Crippen molar-refractivity contribution in [3.63, 3.8) is 0 Å². The predicted octanol–water partition coefficient (Wildman–Crippen LogP) is 2.70. The largest absolute Gasteiger partial charge is 0.273 e. The molecule has 17 heavy (non-hydrogen) atoms. The van der Waals surface area contributed by atoms with Crippen LogP contribution in [0, 0.1) is 0 Å². The maximum absolute atomic E-state index is 10.9. The highest BCUT2D eigenvalue weighted by molar-refractivity contribution is 5.74. The van der Waals surface area contributed by atoms with Crippen LogP contribution in [0.1, 0.15) is 37.7 Å². The molecular formula is C13H19NO3. The summed E-state index contributed by atoms with van der Waals surface area (Å²) in [6.45, 7) is 0. The van der Waals surface area contributed by atoms with Crippen LogP contribution in [0.25, 0.3) is 0 Å². The van der Waals surface area contributed by atoms with Crippen molar-refractivity contribution in [1.29, 1.82) is 0 Å². The van der Waals surface area contributed by atoms with Gasteiger partial charge in [-0.25, -0.2) is 10.7 Å². The minimum Gasteiger partial charge on any atom is -0.273 e. The van der Waals surface area contributed by atoms with Gasteiger partial charge in [0.1, 0.15) is 0 Å². The van der Waals surface area contributed by atoms with Gasteiger partial charge in [0.25, 0.3) is 0 Å². The fourth-order valence-electron chi connectivity index (χ4n) is 1.71. The number of hydrogen-bond acceptors (Lipinski definition) is 3. The Kier molecular flexibility index (Phi) is 7.02. The van der Waals surface area contributed by atoms with Crippen molar-refractivity contribution in [2.75, 3.05) is 0 Å². The van der Waals surface area contributed by atoms with E-state index in [9.17, 15) is 4.79 Å². The summed E-state index contributed by atoms with van der Waals surface area (Å²) in [5, 5.41) is 7.97. The van der Waals surface area contributed by atoms with Crippen molar-refractivity contribution < 1.29 is 15.0 Å². The number of hydroxylamine groups is 1. The number of amides is 1. The van der Waals surface area contributed by atoms with Crippen LogP contribution >= 0.6 is 0 Å². The highest BCUT2D eigenvalue weighted by Crippen LogP contribution is 2.08. The Bertz CT molecular complexity index is 314. The lowest BCUT2D eigenvalue weighted by molar-refractivity contribution is -0.284. The normalized spacial score (nSPS) is 10.2. The monoisotopic (exact) mass is 237 g/mol. The minimum atomic E-state index is -0.282. The number of aryl methyl sites for hydroxylation is 1. The molecule has 0 atom stereocenters. The molecule has 1 aromatic rings. The molecule has 1 amide bonds. The van der Waals surface area contributed by atoms with Gasteiger partial charge in [-0.3, -0.25) is 4.79 Å². The molecule has 0 aromatic heterocycles. The molecule has 4 heteroatoms. The van der Waals surface area contributed by atoms with Gasteiger partial charge in [-0.2, -0.15) is 0 Å². The molecule has 0 fully saturated rings. The molecule has 1 aromatic carbocycles. The molecule has 0 heterocycles. The Morgan fingerprint density at radius 2 is 1.82 bits per heavy atom. The molecule has 0 spiro atoms. The van der Waals surface area contributed by atoms with Gasteiger partial charge in [0.2, 0.25) is 5.91 Å². The van der Waals surface area contributed by atoms with Crippen LogP contribution in [-0.2, 0) is 16.2 Å². The number of benzene rings is 1. The van der Waals surface area contributed by atoms with Gasteiger partial charge >= 0.3 is 0 Å². The molecule has 0 aliphatic carbocycles. The highest BCUT2D eigenvalue weighted by Gasteiger charge is 2.00. The molecular weight excluding hydrogens is 218 g/mol. The number of carbonyl (C=O) groups is 1. The van der Waals surface area contributed by atoms with Gasteiger partial charge in [-0.15, -0.1) is 4.99 Å². The minimum absolute atomic E-state index is 0.282. The zero-order valence-electron chi connectivity index (χ0n) is 9.89. The molecule has 1 rings (SSSR count). The van der Waals surface area contributed by atoms with Crippen LogP contribution in [-0.4, -0.2) is 11.2 Å². The van der Waals surface area contributed by atoms with Crippen molar-refractivity contribution in [1.82, 2.24) is 5.48 Å². The summed E-state index contributed by atoms with van der Waals surface area (Å²) in [6, 6.07) is 10.4. The van der Waals surface area contributed by atoms with Crippen molar-refractivity contribution in [3.05, 3.63) is 35.9 Å². The first-order chi connectivity index (χ1) is 8.33. The second kappa shape index (κ2) is 8.73. The Hall–Kier alpha value is -1.39. The fraction of sp³-hybridized carbons (Fsp3) is 0.462. The zero-order valence-corrected chi connectivity index (χ0v) is 9.89. The topological polar surface area (TPSA) is 58.6 Å². The van der Waals surface area contributed by atoms with E-state index in [1.807, 2.05) is 11.5 Å². The maximum Gasteiger partial charge on any atom is 0.245 e. The molecule has 0 aliphatic heterocycles. The van der Waals surface area contributed by atoms with Crippen LogP contribution in [0.5, 0.6) is 0 Å². The van der Waals surface area contributed by atoms with E-state index in [4.69, 9.17) is 5.26 Å². The summed E-state index contributed by atoms with van der Waals surface area (Å²) in [7, 11) is 0. The Balaban J connectivity index is 1.96. The third-order valence-corrected chi connectivity index (χ3v) is 2.62. The smallest absolute Gasteiger partial charge is 0.245 e. The molecule has 0 radical (unpaired) electrons. The summed E-state index contributed by atoms with van der Waals surface area (Å²) >= 11 is 0. The number of unbranched alkanes of at least 4 members (excludes halogenated alkanes) is 3. The summed E-state index contributed by atoms with van der Waals surface area (Å²) in [4.78, 5) is 14.4. The van der Waals surface area contributed by atoms with Crippen molar-refractivity contribution >= 4 is 5.91 Å². The lowest BCUT2D eigenvalue weighted by Crippen LogP contribution is -2.21. The number of nitrogens with one attached hydrogen (secondary N) is 1.